The average molecular weight is 377 g/mol. The van der Waals surface area contributed by atoms with E-state index in [1.807, 2.05) is 0 Å². The van der Waals surface area contributed by atoms with Crippen LogP contribution in [0.25, 0.3) is 0 Å². The van der Waals surface area contributed by atoms with Crippen LogP contribution in [0.2, 0.25) is 0 Å². The quantitative estimate of drug-likeness (QED) is 0.212. The summed E-state index contributed by atoms with van der Waals surface area (Å²) in [7, 11) is 0. The zero-order valence-electron chi connectivity index (χ0n) is 13.2. The lowest BCUT2D eigenvalue weighted by Crippen LogP contribution is -2.65. The first-order valence-corrected chi connectivity index (χ1v) is 7.97. The molecule has 0 aromatic heterocycles. The van der Waals surface area contributed by atoms with Gasteiger partial charge in [0.2, 0.25) is 12.2 Å². The minimum atomic E-state index is -1.31. The van der Waals surface area contributed by atoms with E-state index in [0.29, 0.717) is 5.75 Å². The number of carbonyl (C=O) groups is 1. The van der Waals surface area contributed by atoms with Crippen LogP contribution in [-0.2, 0) is 23.1 Å². The van der Waals surface area contributed by atoms with Crippen LogP contribution in [0.5, 0.6) is 5.75 Å². The fourth-order valence-corrected chi connectivity index (χ4v) is 2.76. The van der Waals surface area contributed by atoms with Gasteiger partial charge in [-0.05, 0) is 12.1 Å². The van der Waals surface area contributed by atoms with Crippen molar-refractivity contribution in [1.82, 2.24) is 5.32 Å². The van der Waals surface area contributed by atoms with Crippen LogP contribution in [-0.4, -0.2) is 58.6 Å². The van der Waals surface area contributed by atoms with Crippen LogP contribution in [0.3, 0.4) is 0 Å². The van der Waals surface area contributed by atoms with Crippen LogP contribution < -0.4 is 10.1 Å². The molecule has 11 heteroatoms. The fourth-order valence-electron chi connectivity index (χ4n) is 2.38. The van der Waals surface area contributed by atoms with Crippen molar-refractivity contribution in [3.8, 4) is 5.75 Å². The molecule has 1 aromatic rings. The molecule has 0 aliphatic carbocycles. The monoisotopic (exact) mass is 377 g/mol. The second kappa shape index (κ2) is 9.89. The molecule has 1 aliphatic heterocycles. The highest BCUT2D eigenvalue weighted by Gasteiger charge is 2.48. The van der Waals surface area contributed by atoms with Gasteiger partial charge in [0, 0.05) is 6.92 Å². The number of hydrogen-bond donors (Lipinski definition) is 4. The van der Waals surface area contributed by atoms with Crippen LogP contribution >= 0.6 is 12.3 Å². The zero-order valence-corrected chi connectivity index (χ0v) is 14.0. The van der Waals surface area contributed by atoms with E-state index in [-0.39, 0.29) is 12.3 Å². The van der Waals surface area contributed by atoms with Crippen molar-refractivity contribution in [2.75, 3.05) is 6.61 Å². The molecule has 4 N–H and O–H groups in total. The summed E-state index contributed by atoms with van der Waals surface area (Å²) in [6.45, 7) is 0.770. The van der Waals surface area contributed by atoms with Gasteiger partial charge < -0.3 is 25.0 Å². The molecular formula is C14H19NO9S. The van der Waals surface area contributed by atoms with Crippen LogP contribution in [0.15, 0.2) is 30.3 Å². The summed E-state index contributed by atoms with van der Waals surface area (Å²) in [5.74, 6) is 0.0418. The maximum absolute atomic E-state index is 11.5. The van der Waals surface area contributed by atoms with Crippen molar-refractivity contribution in [3.63, 3.8) is 0 Å². The fraction of sp³-hybridized carbons (Fsp3) is 0.500. The van der Waals surface area contributed by atoms with E-state index in [2.05, 4.69) is 14.7 Å². The molecule has 1 heterocycles. The molecule has 25 heavy (non-hydrogen) atoms. The summed E-state index contributed by atoms with van der Waals surface area (Å²) in [5, 5.41) is 33.9. The molecule has 2 rings (SSSR count). The minimum absolute atomic E-state index is 0.239. The highest BCUT2D eigenvalue weighted by atomic mass is 32.2. The maximum Gasteiger partial charge on any atom is 0.223 e. The van der Waals surface area contributed by atoms with Gasteiger partial charge in [-0.2, -0.15) is 0 Å². The summed E-state index contributed by atoms with van der Waals surface area (Å²) in [6.07, 6.45) is -4.50. The number of benzene rings is 1. The second-order valence-electron chi connectivity index (χ2n) is 5.14. The van der Waals surface area contributed by atoms with Crippen molar-refractivity contribution >= 4 is 18.2 Å². The molecule has 1 aliphatic rings. The average Bonchev–Trinajstić information content (AvgIpc) is 2.60. The predicted octanol–water partition coefficient (Wildman–Crippen LogP) is 0.0178. The van der Waals surface area contributed by atoms with Gasteiger partial charge >= 0.3 is 0 Å². The standard InChI is InChI=1S/C14H19NO9S/c1-8(17)15-11-13(22-25-24-23-19)12(18)10(7-16)21-14(11)20-9-5-3-2-4-6-9/h2-6,10-14,16,18-19H,7H2,1H3,(H,15,17)/t10?,11?,12-,13-,14?/m0/s1. The largest absolute Gasteiger partial charge is 0.463 e. The molecule has 5 atom stereocenters. The van der Waals surface area contributed by atoms with Gasteiger partial charge in [0.15, 0.2) is 12.3 Å². The van der Waals surface area contributed by atoms with Crippen molar-refractivity contribution < 1.29 is 43.3 Å². The summed E-state index contributed by atoms with van der Waals surface area (Å²) in [5.41, 5.74) is 0. The lowest BCUT2D eigenvalue weighted by molar-refractivity contribution is -0.434. The Hall–Kier alpha value is -1.44. The summed E-state index contributed by atoms with van der Waals surface area (Å²) in [4.78, 5) is 11.5. The molecular weight excluding hydrogens is 358 g/mol. The number of para-hydroxylation sites is 1. The number of amides is 1. The molecule has 3 unspecified atom stereocenters. The summed E-state index contributed by atoms with van der Waals surface area (Å²) < 4.78 is 20.6. The van der Waals surface area contributed by atoms with Crippen molar-refractivity contribution in [1.29, 1.82) is 0 Å². The molecule has 0 spiro atoms. The Kier molecular flexibility index (Phi) is 7.87. The maximum atomic E-state index is 11.5. The number of carbonyl (C=O) groups excluding carboxylic acids is 1. The van der Waals surface area contributed by atoms with E-state index in [1.54, 1.807) is 30.3 Å². The van der Waals surface area contributed by atoms with Crippen molar-refractivity contribution in [2.45, 2.75) is 37.6 Å². The van der Waals surface area contributed by atoms with Gasteiger partial charge in [-0.1, -0.05) is 23.2 Å². The molecule has 1 amide bonds. The van der Waals surface area contributed by atoms with E-state index < -0.39 is 43.2 Å². The van der Waals surface area contributed by atoms with Gasteiger partial charge in [0.25, 0.3) is 0 Å². The van der Waals surface area contributed by atoms with E-state index in [9.17, 15) is 15.0 Å². The van der Waals surface area contributed by atoms with Crippen molar-refractivity contribution in [3.05, 3.63) is 30.3 Å². The summed E-state index contributed by atoms with van der Waals surface area (Å²) in [6, 6.07) is 7.72. The van der Waals surface area contributed by atoms with Gasteiger partial charge in [-0.15, -0.1) is 4.33 Å². The van der Waals surface area contributed by atoms with Crippen molar-refractivity contribution in [2.24, 2.45) is 0 Å². The minimum Gasteiger partial charge on any atom is -0.463 e. The second-order valence-corrected chi connectivity index (χ2v) is 5.61. The van der Waals surface area contributed by atoms with E-state index in [0.717, 1.165) is 0 Å². The lowest BCUT2D eigenvalue weighted by Gasteiger charge is -2.43. The molecule has 1 aromatic carbocycles. The normalized spacial score (nSPS) is 29.2. The Morgan fingerprint density at radius 1 is 1.36 bits per heavy atom. The first-order valence-electron chi connectivity index (χ1n) is 7.30. The third kappa shape index (κ3) is 5.52. The highest BCUT2D eigenvalue weighted by Crippen LogP contribution is 2.28. The Labute approximate surface area is 147 Å². The third-order valence-corrected chi connectivity index (χ3v) is 3.84. The number of ether oxygens (including phenoxy) is 2. The third-order valence-electron chi connectivity index (χ3n) is 3.43. The Morgan fingerprint density at radius 2 is 2.08 bits per heavy atom. The number of aliphatic hydroxyl groups is 2. The number of aliphatic hydroxyl groups excluding tert-OH is 2. The zero-order chi connectivity index (χ0) is 18.2. The first kappa shape index (κ1) is 19.9. The lowest BCUT2D eigenvalue weighted by atomic mass is 9.97. The Balaban J connectivity index is 2.21. The molecule has 0 bridgehead atoms. The Morgan fingerprint density at radius 3 is 2.68 bits per heavy atom. The first-order chi connectivity index (χ1) is 12.1. The predicted molar refractivity (Wildman–Crippen MR) is 83.7 cm³/mol. The molecule has 0 saturated carbocycles. The molecule has 10 nitrogen and oxygen atoms in total. The molecule has 1 saturated heterocycles. The number of rotatable bonds is 8. The smallest absolute Gasteiger partial charge is 0.223 e. The van der Waals surface area contributed by atoms with Gasteiger partial charge in [-0.3, -0.25) is 8.98 Å². The number of hydrogen-bond acceptors (Lipinski definition) is 10. The topological polar surface area (TPSA) is 136 Å². The van der Waals surface area contributed by atoms with Crippen LogP contribution in [0, 0.1) is 0 Å². The molecule has 1 fully saturated rings. The molecule has 140 valence electrons. The van der Waals surface area contributed by atoms with E-state index in [1.165, 1.54) is 6.92 Å². The Bertz CT molecular complexity index is 534. The van der Waals surface area contributed by atoms with Gasteiger partial charge in [0.05, 0.1) is 6.61 Å². The molecule has 0 radical (unpaired) electrons. The SMILES string of the molecule is CC(=O)NC1C(Oc2ccccc2)OC(CO)[C@H](O)[C@H]1OSOOO. The highest BCUT2D eigenvalue weighted by molar-refractivity contribution is 7.89. The summed E-state index contributed by atoms with van der Waals surface area (Å²) >= 11 is 0.239. The van der Waals surface area contributed by atoms with Gasteiger partial charge in [0.1, 0.15) is 30.1 Å². The van der Waals surface area contributed by atoms with E-state index in [4.69, 9.17) is 18.9 Å². The number of nitrogens with one attached hydrogen (secondary N) is 1. The van der Waals surface area contributed by atoms with Crippen LogP contribution in [0.4, 0.5) is 0 Å². The van der Waals surface area contributed by atoms with E-state index >= 15 is 0 Å². The van der Waals surface area contributed by atoms with Gasteiger partial charge in [-0.25, -0.2) is 5.26 Å². The van der Waals surface area contributed by atoms with Crippen LogP contribution in [0.1, 0.15) is 6.92 Å².